The standard InChI is InChI=1S/C17H18N2O2S/c18-12-17(22(19,20)21)11-10-13-6-4-5-9-15(13)16(17)14-7-2-1-3-8-14/h1-11,16H,12,18H2,(H2,19,20,21). The fraction of sp³-hybridized carbons (Fsp3) is 0.176. The summed E-state index contributed by atoms with van der Waals surface area (Å²) in [5, 5.41) is 5.58. The van der Waals surface area contributed by atoms with Crippen LogP contribution in [0, 0.1) is 0 Å². The first-order chi connectivity index (χ1) is 10.5. The van der Waals surface area contributed by atoms with Gasteiger partial charge in [-0.25, -0.2) is 13.6 Å². The predicted octanol–water partition coefficient (Wildman–Crippen LogP) is 1.83. The highest BCUT2D eigenvalue weighted by molar-refractivity contribution is 7.90. The molecular formula is C17H18N2O2S. The SMILES string of the molecule is NCC1(S(N)(=O)=O)C=Cc2ccccc2C1c1ccccc1. The Kier molecular flexibility index (Phi) is 3.64. The molecule has 0 amide bonds. The summed E-state index contributed by atoms with van der Waals surface area (Å²) in [5.41, 5.74) is 8.70. The van der Waals surface area contributed by atoms with E-state index in [-0.39, 0.29) is 6.54 Å². The molecule has 114 valence electrons. The quantitative estimate of drug-likeness (QED) is 0.906. The molecule has 2 atom stereocenters. The van der Waals surface area contributed by atoms with Gasteiger partial charge in [-0.3, -0.25) is 0 Å². The molecule has 0 aromatic heterocycles. The maximum Gasteiger partial charge on any atom is 0.220 e. The Balaban J connectivity index is 2.33. The number of hydrogen-bond donors (Lipinski definition) is 2. The van der Waals surface area contributed by atoms with Crippen LogP contribution in [0.3, 0.4) is 0 Å². The van der Waals surface area contributed by atoms with Crippen LogP contribution >= 0.6 is 0 Å². The maximum atomic E-state index is 12.4. The highest BCUT2D eigenvalue weighted by Gasteiger charge is 2.49. The molecule has 22 heavy (non-hydrogen) atoms. The molecule has 4 nitrogen and oxygen atoms in total. The normalized spacial score (nSPS) is 24.0. The van der Waals surface area contributed by atoms with Gasteiger partial charge in [0.15, 0.2) is 0 Å². The Morgan fingerprint density at radius 3 is 2.27 bits per heavy atom. The van der Waals surface area contributed by atoms with E-state index in [1.165, 1.54) is 0 Å². The highest BCUT2D eigenvalue weighted by atomic mass is 32.2. The van der Waals surface area contributed by atoms with Crippen molar-refractivity contribution in [1.29, 1.82) is 0 Å². The minimum atomic E-state index is -3.89. The zero-order valence-corrected chi connectivity index (χ0v) is 12.8. The van der Waals surface area contributed by atoms with E-state index in [0.29, 0.717) is 0 Å². The van der Waals surface area contributed by atoms with Crippen LogP contribution in [0.1, 0.15) is 22.6 Å². The van der Waals surface area contributed by atoms with Crippen molar-refractivity contribution in [3.8, 4) is 0 Å². The predicted molar refractivity (Wildman–Crippen MR) is 88.7 cm³/mol. The summed E-state index contributed by atoms with van der Waals surface area (Å²) in [4.78, 5) is 0. The van der Waals surface area contributed by atoms with Gasteiger partial charge in [-0.15, -0.1) is 0 Å². The smallest absolute Gasteiger partial charge is 0.220 e. The second-order valence-corrected chi connectivity index (χ2v) is 7.36. The summed E-state index contributed by atoms with van der Waals surface area (Å²) in [5.74, 6) is -0.421. The van der Waals surface area contributed by atoms with Crippen molar-refractivity contribution in [2.45, 2.75) is 10.7 Å². The molecule has 0 radical (unpaired) electrons. The zero-order chi connectivity index (χ0) is 15.8. The highest BCUT2D eigenvalue weighted by Crippen LogP contribution is 2.44. The average molecular weight is 314 g/mol. The van der Waals surface area contributed by atoms with Gasteiger partial charge >= 0.3 is 0 Å². The summed E-state index contributed by atoms with van der Waals surface area (Å²) in [6, 6.07) is 17.2. The third-order valence-electron chi connectivity index (χ3n) is 4.32. The largest absolute Gasteiger partial charge is 0.328 e. The monoisotopic (exact) mass is 314 g/mol. The Morgan fingerprint density at radius 2 is 1.64 bits per heavy atom. The summed E-state index contributed by atoms with van der Waals surface area (Å²) in [6.45, 7) is -0.0732. The zero-order valence-electron chi connectivity index (χ0n) is 12.0. The van der Waals surface area contributed by atoms with Gasteiger partial charge in [0.25, 0.3) is 0 Å². The van der Waals surface area contributed by atoms with Crippen LogP contribution in [0.5, 0.6) is 0 Å². The van der Waals surface area contributed by atoms with Crippen molar-refractivity contribution in [1.82, 2.24) is 0 Å². The molecule has 0 heterocycles. The van der Waals surface area contributed by atoms with Crippen LogP contribution in [0.2, 0.25) is 0 Å². The molecule has 4 N–H and O–H groups in total. The number of fused-ring (bicyclic) bond motifs is 1. The summed E-state index contributed by atoms with van der Waals surface area (Å²) >= 11 is 0. The lowest BCUT2D eigenvalue weighted by Gasteiger charge is -2.39. The van der Waals surface area contributed by atoms with Gasteiger partial charge in [-0.1, -0.05) is 66.7 Å². The number of sulfonamides is 1. The summed E-state index contributed by atoms with van der Waals surface area (Å²) in [6.07, 6.45) is 3.44. The van der Waals surface area contributed by atoms with Gasteiger partial charge in [0.1, 0.15) is 4.75 Å². The van der Waals surface area contributed by atoms with E-state index in [1.807, 2.05) is 54.6 Å². The number of primary sulfonamides is 1. The molecule has 3 rings (SSSR count). The van der Waals surface area contributed by atoms with Crippen molar-refractivity contribution in [2.24, 2.45) is 10.9 Å². The van der Waals surface area contributed by atoms with E-state index >= 15 is 0 Å². The van der Waals surface area contributed by atoms with Crippen LogP contribution in [-0.2, 0) is 10.0 Å². The maximum absolute atomic E-state index is 12.4. The van der Waals surface area contributed by atoms with Crippen LogP contribution in [-0.4, -0.2) is 19.7 Å². The molecule has 2 aromatic rings. The molecule has 2 aromatic carbocycles. The molecule has 0 aliphatic heterocycles. The summed E-state index contributed by atoms with van der Waals surface area (Å²) in [7, 11) is -3.89. The van der Waals surface area contributed by atoms with Gasteiger partial charge < -0.3 is 5.73 Å². The Bertz CT molecular complexity index is 816. The van der Waals surface area contributed by atoms with Gasteiger partial charge in [0, 0.05) is 12.5 Å². The third-order valence-corrected chi connectivity index (χ3v) is 5.92. The van der Waals surface area contributed by atoms with E-state index in [1.54, 1.807) is 12.2 Å². The molecule has 0 fully saturated rings. The molecule has 2 unspecified atom stereocenters. The lowest BCUT2D eigenvalue weighted by Crippen LogP contribution is -2.53. The van der Waals surface area contributed by atoms with Gasteiger partial charge in [0.2, 0.25) is 10.0 Å². The van der Waals surface area contributed by atoms with E-state index in [9.17, 15) is 8.42 Å². The number of nitrogens with two attached hydrogens (primary N) is 2. The van der Waals surface area contributed by atoms with Crippen molar-refractivity contribution in [3.63, 3.8) is 0 Å². The minimum absolute atomic E-state index is 0.0732. The van der Waals surface area contributed by atoms with Gasteiger partial charge in [-0.2, -0.15) is 0 Å². The van der Waals surface area contributed by atoms with E-state index < -0.39 is 20.7 Å². The lowest BCUT2D eigenvalue weighted by molar-refractivity contribution is 0.525. The summed E-state index contributed by atoms with van der Waals surface area (Å²) < 4.78 is 23.4. The molecule has 1 aliphatic carbocycles. The topological polar surface area (TPSA) is 86.2 Å². The molecule has 0 bridgehead atoms. The Hall–Kier alpha value is -1.95. The van der Waals surface area contributed by atoms with Crippen LogP contribution in [0.25, 0.3) is 6.08 Å². The first-order valence-corrected chi connectivity index (χ1v) is 8.60. The molecule has 1 aliphatic rings. The second kappa shape index (κ2) is 5.35. The Morgan fingerprint density at radius 1 is 1.00 bits per heavy atom. The van der Waals surface area contributed by atoms with Crippen molar-refractivity contribution in [2.75, 3.05) is 6.54 Å². The minimum Gasteiger partial charge on any atom is -0.328 e. The number of rotatable bonds is 3. The molecule has 0 spiro atoms. The van der Waals surface area contributed by atoms with Crippen LogP contribution < -0.4 is 10.9 Å². The lowest BCUT2D eigenvalue weighted by atomic mass is 9.74. The third kappa shape index (κ3) is 2.18. The fourth-order valence-electron chi connectivity index (χ4n) is 3.18. The van der Waals surface area contributed by atoms with Crippen LogP contribution in [0.15, 0.2) is 60.7 Å². The van der Waals surface area contributed by atoms with Crippen molar-refractivity contribution in [3.05, 3.63) is 77.4 Å². The van der Waals surface area contributed by atoms with Crippen LogP contribution in [0.4, 0.5) is 0 Å². The molecular weight excluding hydrogens is 296 g/mol. The molecule has 0 saturated heterocycles. The van der Waals surface area contributed by atoms with Crippen molar-refractivity contribution < 1.29 is 8.42 Å². The molecule has 5 heteroatoms. The number of hydrogen-bond acceptors (Lipinski definition) is 3. The number of benzene rings is 2. The van der Waals surface area contributed by atoms with E-state index in [2.05, 4.69) is 0 Å². The first-order valence-electron chi connectivity index (χ1n) is 7.05. The molecule has 0 saturated carbocycles. The first kappa shape index (κ1) is 15.0. The van der Waals surface area contributed by atoms with Gasteiger partial charge in [-0.05, 0) is 16.7 Å². The van der Waals surface area contributed by atoms with E-state index in [0.717, 1.165) is 16.7 Å². The average Bonchev–Trinajstić information content (AvgIpc) is 2.53. The van der Waals surface area contributed by atoms with Crippen molar-refractivity contribution >= 4 is 16.1 Å². The van der Waals surface area contributed by atoms with E-state index in [4.69, 9.17) is 10.9 Å². The fourth-order valence-corrected chi connectivity index (χ4v) is 4.27. The second-order valence-electron chi connectivity index (χ2n) is 5.51. The van der Waals surface area contributed by atoms with Gasteiger partial charge in [0.05, 0.1) is 0 Å². The Labute approximate surface area is 130 Å².